The molecule has 2 nitrogen and oxygen atoms in total. The average molecular weight is 177 g/mol. The summed E-state index contributed by atoms with van der Waals surface area (Å²) in [4.78, 5) is 0. The van der Waals surface area contributed by atoms with Crippen LogP contribution in [0.2, 0.25) is 0 Å². The highest BCUT2D eigenvalue weighted by molar-refractivity contribution is 5.40. The van der Waals surface area contributed by atoms with Gasteiger partial charge in [-0.25, -0.2) is 0 Å². The van der Waals surface area contributed by atoms with E-state index in [9.17, 15) is 5.11 Å². The summed E-state index contributed by atoms with van der Waals surface area (Å²) in [6.07, 6.45) is 2.29. The second-order valence-electron chi connectivity index (χ2n) is 3.53. The standard InChI is InChI=1S/C11H15NO/c1-2-12-11-6-4-8-3-5-9(13)7-10(8)11/h3,5,7,11-13H,2,4,6H2,1H3/t11-/m0/s1. The lowest BCUT2D eigenvalue weighted by Crippen LogP contribution is -2.18. The first-order valence-electron chi connectivity index (χ1n) is 4.86. The molecule has 0 aromatic heterocycles. The number of phenols is 1. The first kappa shape index (κ1) is 8.57. The lowest BCUT2D eigenvalue weighted by atomic mass is 10.1. The van der Waals surface area contributed by atoms with Crippen molar-refractivity contribution in [3.63, 3.8) is 0 Å². The highest BCUT2D eigenvalue weighted by Gasteiger charge is 2.21. The molecule has 0 amide bonds. The lowest BCUT2D eigenvalue weighted by Gasteiger charge is -2.11. The van der Waals surface area contributed by atoms with Crippen LogP contribution in [0.3, 0.4) is 0 Å². The van der Waals surface area contributed by atoms with Gasteiger partial charge in [-0.2, -0.15) is 0 Å². The highest BCUT2D eigenvalue weighted by Crippen LogP contribution is 2.33. The largest absolute Gasteiger partial charge is 0.508 e. The third-order valence-corrected chi connectivity index (χ3v) is 2.66. The number of nitrogens with one attached hydrogen (secondary N) is 1. The zero-order valence-electron chi connectivity index (χ0n) is 7.88. The second kappa shape index (κ2) is 3.38. The van der Waals surface area contributed by atoms with Crippen molar-refractivity contribution < 1.29 is 5.11 Å². The molecule has 1 atom stereocenters. The summed E-state index contributed by atoms with van der Waals surface area (Å²) in [5.41, 5.74) is 2.66. The fourth-order valence-corrected chi connectivity index (χ4v) is 2.05. The Balaban J connectivity index is 2.29. The van der Waals surface area contributed by atoms with Crippen molar-refractivity contribution in [2.24, 2.45) is 0 Å². The van der Waals surface area contributed by atoms with Gasteiger partial charge in [-0.05, 0) is 42.6 Å². The molecular formula is C11H15NO. The molecule has 0 spiro atoms. The van der Waals surface area contributed by atoms with Gasteiger partial charge in [0.1, 0.15) is 5.75 Å². The van der Waals surface area contributed by atoms with Crippen LogP contribution in [0.25, 0.3) is 0 Å². The molecule has 1 aliphatic rings. The molecule has 13 heavy (non-hydrogen) atoms. The lowest BCUT2D eigenvalue weighted by molar-refractivity contribution is 0.472. The topological polar surface area (TPSA) is 32.3 Å². The van der Waals surface area contributed by atoms with E-state index in [0.717, 1.165) is 19.4 Å². The Morgan fingerprint density at radius 2 is 2.38 bits per heavy atom. The van der Waals surface area contributed by atoms with Gasteiger partial charge in [0.2, 0.25) is 0 Å². The first-order valence-corrected chi connectivity index (χ1v) is 4.86. The Hall–Kier alpha value is -1.02. The van der Waals surface area contributed by atoms with Gasteiger partial charge >= 0.3 is 0 Å². The van der Waals surface area contributed by atoms with Crippen molar-refractivity contribution in [1.82, 2.24) is 5.32 Å². The van der Waals surface area contributed by atoms with E-state index in [1.807, 2.05) is 12.1 Å². The van der Waals surface area contributed by atoms with E-state index < -0.39 is 0 Å². The highest BCUT2D eigenvalue weighted by atomic mass is 16.3. The summed E-state index contributed by atoms with van der Waals surface area (Å²) in [5, 5.41) is 12.8. The smallest absolute Gasteiger partial charge is 0.115 e. The molecule has 0 bridgehead atoms. The fraction of sp³-hybridized carbons (Fsp3) is 0.455. The maximum absolute atomic E-state index is 9.35. The third kappa shape index (κ3) is 1.54. The maximum Gasteiger partial charge on any atom is 0.115 e. The van der Waals surface area contributed by atoms with Gasteiger partial charge in [-0.1, -0.05) is 13.0 Å². The Bertz CT molecular complexity index is 307. The van der Waals surface area contributed by atoms with E-state index >= 15 is 0 Å². The summed E-state index contributed by atoms with van der Waals surface area (Å²) < 4.78 is 0. The molecule has 0 saturated carbocycles. The summed E-state index contributed by atoms with van der Waals surface area (Å²) in [6.45, 7) is 3.10. The molecule has 0 heterocycles. The van der Waals surface area contributed by atoms with Crippen molar-refractivity contribution in [3.8, 4) is 5.75 Å². The Morgan fingerprint density at radius 3 is 3.15 bits per heavy atom. The van der Waals surface area contributed by atoms with Crippen LogP contribution >= 0.6 is 0 Å². The molecule has 2 N–H and O–H groups in total. The van der Waals surface area contributed by atoms with Crippen LogP contribution < -0.4 is 5.32 Å². The van der Waals surface area contributed by atoms with Crippen LogP contribution in [-0.2, 0) is 6.42 Å². The van der Waals surface area contributed by atoms with Gasteiger partial charge in [-0.15, -0.1) is 0 Å². The van der Waals surface area contributed by atoms with E-state index in [1.165, 1.54) is 11.1 Å². The molecule has 0 fully saturated rings. The zero-order chi connectivity index (χ0) is 9.26. The summed E-state index contributed by atoms with van der Waals surface area (Å²) in [5.74, 6) is 0.378. The van der Waals surface area contributed by atoms with Gasteiger partial charge in [0.15, 0.2) is 0 Å². The quantitative estimate of drug-likeness (QED) is 0.724. The molecule has 0 saturated heterocycles. The number of rotatable bonds is 2. The summed E-state index contributed by atoms with van der Waals surface area (Å²) in [6, 6.07) is 6.14. The van der Waals surface area contributed by atoms with Crippen molar-refractivity contribution in [2.45, 2.75) is 25.8 Å². The van der Waals surface area contributed by atoms with Gasteiger partial charge in [0.25, 0.3) is 0 Å². The van der Waals surface area contributed by atoms with E-state index in [4.69, 9.17) is 0 Å². The Labute approximate surface area is 78.6 Å². The molecule has 70 valence electrons. The Kier molecular flexibility index (Phi) is 2.23. The van der Waals surface area contributed by atoms with Crippen LogP contribution in [0.15, 0.2) is 18.2 Å². The molecule has 1 aromatic carbocycles. The summed E-state index contributed by atoms with van der Waals surface area (Å²) >= 11 is 0. The fourth-order valence-electron chi connectivity index (χ4n) is 2.05. The molecular weight excluding hydrogens is 162 g/mol. The SMILES string of the molecule is CCN[C@H]1CCc2ccc(O)cc21. The van der Waals surface area contributed by atoms with Crippen molar-refractivity contribution in [1.29, 1.82) is 0 Å². The van der Waals surface area contributed by atoms with Crippen LogP contribution in [0.1, 0.15) is 30.5 Å². The van der Waals surface area contributed by atoms with E-state index in [-0.39, 0.29) is 0 Å². The molecule has 0 aliphatic heterocycles. The van der Waals surface area contributed by atoms with Gasteiger partial charge < -0.3 is 10.4 Å². The minimum Gasteiger partial charge on any atom is -0.508 e. The van der Waals surface area contributed by atoms with Crippen LogP contribution in [-0.4, -0.2) is 11.7 Å². The second-order valence-corrected chi connectivity index (χ2v) is 3.53. The summed E-state index contributed by atoms with van der Waals surface area (Å²) in [7, 11) is 0. The number of benzene rings is 1. The van der Waals surface area contributed by atoms with Crippen molar-refractivity contribution in [2.75, 3.05) is 6.54 Å². The molecule has 0 unspecified atom stereocenters. The number of hydrogen-bond acceptors (Lipinski definition) is 2. The average Bonchev–Trinajstić information content (AvgIpc) is 2.49. The third-order valence-electron chi connectivity index (χ3n) is 2.66. The number of hydrogen-bond donors (Lipinski definition) is 2. The predicted molar refractivity (Wildman–Crippen MR) is 52.8 cm³/mol. The van der Waals surface area contributed by atoms with E-state index in [2.05, 4.69) is 12.2 Å². The van der Waals surface area contributed by atoms with Crippen LogP contribution in [0.5, 0.6) is 5.75 Å². The minimum absolute atomic E-state index is 0.378. The molecule has 2 heteroatoms. The van der Waals surface area contributed by atoms with Gasteiger partial charge in [0, 0.05) is 6.04 Å². The van der Waals surface area contributed by atoms with Crippen molar-refractivity contribution in [3.05, 3.63) is 29.3 Å². The zero-order valence-corrected chi connectivity index (χ0v) is 7.88. The van der Waals surface area contributed by atoms with Crippen LogP contribution in [0.4, 0.5) is 0 Å². The molecule has 0 radical (unpaired) electrons. The number of phenolic OH excluding ortho intramolecular Hbond substituents is 1. The van der Waals surface area contributed by atoms with Gasteiger partial charge in [0.05, 0.1) is 0 Å². The van der Waals surface area contributed by atoms with Gasteiger partial charge in [-0.3, -0.25) is 0 Å². The maximum atomic E-state index is 9.35. The minimum atomic E-state index is 0.378. The number of aromatic hydroxyl groups is 1. The molecule has 2 rings (SSSR count). The van der Waals surface area contributed by atoms with Crippen LogP contribution in [0, 0.1) is 0 Å². The monoisotopic (exact) mass is 177 g/mol. The van der Waals surface area contributed by atoms with E-state index in [1.54, 1.807) is 6.07 Å². The molecule has 1 aromatic rings. The number of fused-ring (bicyclic) bond motifs is 1. The normalized spacial score (nSPS) is 20.2. The van der Waals surface area contributed by atoms with E-state index in [0.29, 0.717) is 11.8 Å². The first-order chi connectivity index (χ1) is 6.31. The number of aryl methyl sites for hydroxylation is 1. The van der Waals surface area contributed by atoms with Crippen molar-refractivity contribution >= 4 is 0 Å². The molecule has 1 aliphatic carbocycles. The predicted octanol–water partition coefficient (Wildman–Crippen LogP) is 1.99. The Morgan fingerprint density at radius 1 is 1.54 bits per heavy atom.